The molecule has 130 valence electrons. The zero-order chi connectivity index (χ0) is 17.8. The van der Waals surface area contributed by atoms with E-state index in [1.807, 2.05) is 31.2 Å². The Balaban J connectivity index is 1.82. The normalized spacial score (nSPS) is 11.2. The van der Waals surface area contributed by atoms with Crippen LogP contribution in [0.2, 0.25) is 0 Å². The quantitative estimate of drug-likeness (QED) is 0.694. The van der Waals surface area contributed by atoms with E-state index in [1.165, 1.54) is 5.56 Å². The maximum atomic E-state index is 12.3. The number of hydrogen-bond acceptors (Lipinski definition) is 4. The smallest absolute Gasteiger partial charge is 0.258 e. The molecule has 0 bridgehead atoms. The molecule has 0 atom stereocenters. The molecule has 0 saturated carbocycles. The first-order valence-corrected chi connectivity index (χ1v) is 8.44. The average molecular weight is 337 g/mol. The van der Waals surface area contributed by atoms with Gasteiger partial charge in [0.05, 0.1) is 12.8 Å². The molecule has 1 aromatic carbocycles. The van der Waals surface area contributed by atoms with Crippen molar-refractivity contribution in [2.75, 3.05) is 13.7 Å². The molecule has 0 amide bonds. The van der Waals surface area contributed by atoms with E-state index in [4.69, 9.17) is 9.72 Å². The predicted octanol–water partition coefficient (Wildman–Crippen LogP) is 3.03. The summed E-state index contributed by atoms with van der Waals surface area (Å²) in [5, 5.41) is 0. The first kappa shape index (κ1) is 17.2. The highest BCUT2D eigenvalue weighted by Gasteiger charge is 2.09. The molecule has 0 unspecified atom stereocenters. The van der Waals surface area contributed by atoms with Crippen molar-refractivity contribution in [3.8, 4) is 5.75 Å². The maximum Gasteiger partial charge on any atom is 0.258 e. The fourth-order valence-electron chi connectivity index (χ4n) is 2.89. The van der Waals surface area contributed by atoms with Gasteiger partial charge in [-0.3, -0.25) is 14.1 Å². The van der Waals surface area contributed by atoms with Crippen LogP contribution in [0, 0.1) is 6.92 Å². The molecule has 0 aliphatic heterocycles. The second-order valence-electron chi connectivity index (χ2n) is 6.12. The maximum absolute atomic E-state index is 12.3. The van der Waals surface area contributed by atoms with E-state index in [9.17, 15) is 4.79 Å². The van der Waals surface area contributed by atoms with Gasteiger partial charge in [0.15, 0.2) is 0 Å². The molecule has 25 heavy (non-hydrogen) atoms. The zero-order valence-corrected chi connectivity index (χ0v) is 14.9. The van der Waals surface area contributed by atoms with E-state index in [1.54, 1.807) is 23.8 Å². The number of hydrogen-bond donors (Lipinski definition) is 0. The molecule has 2 aromatic heterocycles. The van der Waals surface area contributed by atoms with Crippen LogP contribution in [0.25, 0.3) is 5.65 Å². The Morgan fingerprint density at radius 1 is 1.16 bits per heavy atom. The van der Waals surface area contributed by atoms with Crippen LogP contribution < -0.4 is 10.3 Å². The van der Waals surface area contributed by atoms with Crippen molar-refractivity contribution in [1.82, 2.24) is 14.3 Å². The molecule has 0 N–H and O–H groups in total. The van der Waals surface area contributed by atoms with E-state index in [0.29, 0.717) is 6.54 Å². The molecular formula is C20H23N3O2. The second-order valence-corrected chi connectivity index (χ2v) is 6.12. The van der Waals surface area contributed by atoms with E-state index in [2.05, 4.69) is 24.0 Å². The Hall–Kier alpha value is -2.66. The second kappa shape index (κ2) is 7.49. The van der Waals surface area contributed by atoms with Gasteiger partial charge < -0.3 is 4.74 Å². The summed E-state index contributed by atoms with van der Waals surface area (Å²) in [6, 6.07) is 13.5. The lowest BCUT2D eigenvalue weighted by molar-refractivity contribution is 0.268. The summed E-state index contributed by atoms with van der Waals surface area (Å²) in [6.45, 7) is 6.40. The van der Waals surface area contributed by atoms with E-state index >= 15 is 0 Å². The largest absolute Gasteiger partial charge is 0.497 e. The average Bonchev–Trinajstić information content (AvgIpc) is 2.63. The summed E-state index contributed by atoms with van der Waals surface area (Å²) in [6.07, 6.45) is 1.76. The minimum atomic E-state index is -0.0378. The van der Waals surface area contributed by atoms with Crippen LogP contribution in [0.1, 0.15) is 23.7 Å². The molecule has 0 fully saturated rings. The van der Waals surface area contributed by atoms with Crippen molar-refractivity contribution in [3.05, 3.63) is 75.8 Å². The van der Waals surface area contributed by atoms with Gasteiger partial charge in [-0.1, -0.05) is 25.1 Å². The number of pyridine rings is 1. The Labute approximate surface area is 147 Å². The van der Waals surface area contributed by atoms with Gasteiger partial charge in [0.25, 0.3) is 5.56 Å². The first-order chi connectivity index (χ1) is 12.1. The lowest BCUT2D eigenvalue weighted by Crippen LogP contribution is -2.25. The van der Waals surface area contributed by atoms with Gasteiger partial charge in [0, 0.05) is 25.4 Å². The van der Waals surface area contributed by atoms with E-state index in [-0.39, 0.29) is 5.56 Å². The summed E-state index contributed by atoms with van der Waals surface area (Å²) in [5.41, 5.74) is 3.69. The lowest BCUT2D eigenvalue weighted by Gasteiger charge is -2.20. The highest BCUT2D eigenvalue weighted by Crippen LogP contribution is 2.14. The van der Waals surface area contributed by atoms with Crippen molar-refractivity contribution in [3.63, 3.8) is 0 Å². The zero-order valence-electron chi connectivity index (χ0n) is 14.9. The topological polar surface area (TPSA) is 46.8 Å². The Morgan fingerprint density at radius 2 is 1.92 bits per heavy atom. The molecule has 0 aliphatic rings. The van der Waals surface area contributed by atoms with Gasteiger partial charge >= 0.3 is 0 Å². The van der Waals surface area contributed by atoms with E-state index in [0.717, 1.165) is 35.7 Å². The van der Waals surface area contributed by atoms with E-state index < -0.39 is 0 Å². The number of rotatable bonds is 6. The van der Waals surface area contributed by atoms with Crippen LogP contribution in [-0.4, -0.2) is 27.9 Å². The summed E-state index contributed by atoms with van der Waals surface area (Å²) in [7, 11) is 1.67. The fraction of sp³-hybridized carbons (Fsp3) is 0.300. The number of nitrogens with zero attached hydrogens (tertiary/aromatic N) is 3. The first-order valence-electron chi connectivity index (χ1n) is 8.44. The van der Waals surface area contributed by atoms with Crippen molar-refractivity contribution in [2.45, 2.75) is 26.9 Å². The molecule has 3 rings (SSSR count). The molecule has 0 saturated heterocycles. The molecule has 5 nitrogen and oxygen atoms in total. The number of methoxy groups -OCH3 is 1. The Kier molecular flexibility index (Phi) is 5.14. The fourth-order valence-corrected chi connectivity index (χ4v) is 2.89. The Bertz CT molecular complexity index is 916. The lowest BCUT2D eigenvalue weighted by atomic mass is 10.2. The standard InChI is InChI=1S/C20H23N3O2/c1-4-22(13-16-7-9-18(25-3)10-8-16)14-17-12-19(24)23-11-5-6-15(2)20(23)21-17/h5-12H,4,13-14H2,1-3H3. The van der Waals surface area contributed by atoms with Crippen LogP contribution in [0.3, 0.4) is 0 Å². The highest BCUT2D eigenvalue weighted by molar-refractivity contribution is 5.46. The predicted molar refractivity (Wildman–Crippen MR) is 99.0 cm³/mol. The third kappa shape index (κ3) is 3.88. The van der Waals surface area contributed by atoms with Gasteiger partial charge in [0.1, 0.15) is 11.4 Å². The van der Waals surface area contributed by atoms with Crippen molar-refractivity contribution >= 4 is 5.65 Å². The van der Waals surface area contributed by atoms with Crippen LogP contribution in [0.15, 0.2) is 53.5 Å². The van der Waals surface area contributed by atoms with Crippen molar-refractivity contribution in [1.29, 1.82) is 0 Å². The highest BCUT2D eigenvalue weighted by atomic mass is 16.5. The number of aromatic nitrogens is 2. The van der Waals surface area contributed by atoms with Crippen molar-refractivity contribution < 1.29 is 4.74 Å². The molecule has 0 spiro atoms. The van der Waals surface area contributed by atoms with Gasteiger partial charge in [-0.15, -0.1) is 0 Å². The van der Waals surface area contributed by atoms with Crippen LogP contribution in [0.4, 0.5) is 0 Å². The van der Waals surface area contributed by atoms with Crippen LogP contribution in [-0.2, 0) is 13.1 Å². The number of aryl methyl sites for hydroxylation is 1. The van der Waals surface area contributed by atoms with Gasteiger partial charge in [0.2, 0.25) is 0 Å². The minimum absolute atomic E-state index is 0.0378. The Morgan fingerprint density at radius 3 is 2.60 bits per heavy atom. The molecule has 2 heterocycles. The summed E-state index contributed by atoms with van der Waals surface area (Å²) in [4.78, 5) is 19.3. The third-order valence-electron chi connectivity index (χ3n) is 4.34. The number of benzene rings is 1. The van der Waals surface area contributed by atoms with Crippen LogP contribution >= 0.6 is 0 Å². The van der Waals surface area contributed by atoms with Gasteiger partial charge in [-0.05, 0) is 42.8 Å². The molecule has 0 aliphatic carbocycles. The number of ether oxygens (including phenoxy) is 1. The monoisotopic (exact) mass is 337 g/mol. The van der Waals surface area contributed by atoms with Crippen LogP contribution in [0.5, 0.6) is 5.75 Å². The molecular weight excluding hydrogens is 314 g/mol. The SMILES string of the molecule is CCN(Cc1ccc(OC)cc1)Cc1cc(=O)n2cccc(C)c2n1. The molecule has 3 aromatic rings. The van der Waals surface area contributed by atoms with Crippen molar-refractivity contribution in [2.24, 2.45) is 0 Å². The van der Waals surface area contributed by atoms with Gasteiger partial charge in [-0.2, -0.15) is 0 Å². The third-order valence-corrected chi connectivity index (χ3v) is 4.34. The summed E-state index contributed by atoms with van der Waals surface area (Å²) >= 11 is 0. The summed E-state index contributed by atoms with van der Waals surface area (Å²) in [5.74, 6) is 0.853. The summed E-state index contributed by atoms with van der Waals surface area (Å²) < 4.78 is 6.80. The van der Waals surface area contributed by atoms with Gasteiger partial charge in [-0.25, -0.2) is 4.98 Å². The molecule has 0 radical (unpaired) electrons. The molecule has 5 heteroatoms. The number of fused-ring (bicyclic) bond motifs is 1. The minimum Gasteiger partial charge on any atom is -0.497 e.